The van der Waals surface area contributed by atoms with Crippen molar-refractivity contribution in [1.82, 2.24) is 0 Å². The zero-order valence-electron chi connectivity index (χ0n) is 23.5. The Labute approximate surface area is 257 Å². The molecule has 2 atom stereocenters. The number of anilines is 2. The number of para-hydroxylation sites is 1. The highest BCUT2D eigenvalue weighted by atomic mass is 79.9. The van der Waals surface area contributed by atoms with Gasteiger partial charge in [0.1, 0.15) is 0 Å². The van der Waals surface area contributed by atoms with E-state index in [9.17, 15) is 19.2 Å². The van der Waals surface area contributed by atoms with Crippen LogP contribution in [0.25, 0.3) is 0 Å². The van der Waals surface area contributed by atoms with Crippen molar-refractivity contribution in [3.8, 4) is 0 Å². The summed E-state index contributed by atoms with van der Waals surface area (Å²) in [6, 6.07) is 26.1. The van der Waals surface area contributed by atoms with Gasteiger partial charge in [0.2, 0.25) is 11.8 Å². The van der Waals surface area contributed by atoms with E-state index in [-0.39, 0.29) is 34.9 Å². The van der Waals surface area contributed by atoms with E-state index in [1.165, 1.54) is 6.07 Å². The molecule has 7 nitrogen and oxygen atoms in total. The number of imide groups is 1. The molecular weight excluding hydrogens is 608 g/mol. The average molecular weight is 636 g/mol. The molecule has 0 unspecified atom stereocenters. The predicted molar refractivity (Wildman–Crippen MR) is 165 cm³/mol. The lowest BCUT2D eigenvalue weighted by Gasteiger charge is -2.45. The molecule has 214 valence electrons. The highest BCUT2D eigenvalue weighted by Crippen LogP contribution is 2.61. The van der Waals surface area contributed by atoms with E-state index in [0.717, 1.165) is 42.8 Å². The molecule has 0 spiro atoms. The van der Waals surface area contributed by atoms with E-state index in [2.05, 4.69) is 21.2 Å². The number of amides is 3. The molecule has 1 fully saturated rings. The molecule has 0 radical (unpaired) electrons. The fourth-order valence-electron chi connectivity index (χ4n) is 7.07. The van der Waals surface area contributed by atoms with Crippen molar-refractivity contribution >= 4 is 51.0 Å². The van der Waals surface area contributed by atoms with Gasteiger partial charge in [0.05, 0.1) is 23.1 Å². The van der Waals surface area contributed by atoms with Crippen molar-refractivity contribution in [3.05, 3.63) is 128 Å². The second-order valence-electron chi connectivity index (χ2n) is 11.3. The molecule has 0 saturated carbocycles. The maximum absolute atomic E-state index is 14.2. The summed E-state index contributed by atoms with van der Waals surface area (Å²) in [7, 11) is 0. The lowest BCUT2D eigenvalue weighted by atomic mass is 9.55. The maximum atomic E-state index is 14.2. The summed E-state index contributed by atoms with van der Waals surface area (Å²) >= 11 is 3.48. The van der Waals surface area contributed by atoms with Crippen LogP contribution in [-0.2, 0) is 19.1 Å². The molecule has 3 aliphatic carbocycles. The number of carbonyl (C=O) groups excluding carboxylic acids is 4. The first kappa shape index (κ1) is 27.3. The van der Waals surface area contributed by atoms with E-state index in [4.69, 9.17) is 4.74 Å². The van der Waals surface area contributed by atoms with Gasteiger partial charge in [-0.05, 0) is 71.5 Å². The number of esters is 1. The van der Waals surface area contributed by atoms with E-state index in [1.54, 1.807) is 24.3 Å². The third-order valence-electron chi connectivity index (χ3n) is 9.14. The number of hydrogen-bond acceptors (Lipinski definition) is 5. The molecule has 1 aliphatic heterocycles. The minimum Gasteiger partial charge on any atom is -0.452 e. The van der Waals surface area contributed by atoms with Gasteiger partial charge in [-0.25, -0.2) is 9.69 Å². The van der Waals surface area contributed by atoms with Gasteiger partial charge >= 0.3 is 5.97 Å². The van der Waals surface area contributed by atoms with Gasteiger partial charge in [0.15, 0.2) is 6.61 Å². The lowest BCUT2D eigenvalue weighted by molar-refractivity contribution is -0.122. The van der Waals surface area contributed by atoms with Gasteiger partial charge in [-0.15, -0.1) is 0 Å². The minimum atomic E-state index is -0.792. The predicted octanol–water partition coefficient (Wildman–Crippen LogP) is 6.26. The Morgan fingerprint density at radius 2 is 1.26 bits per heavy atom. The second-order valence-corrected chi connectivity index (χ2v) is 12.1. The molecule has 1 N–H and O–H groups in total. The summed E-state index contributed by atoms with van der Waals surface area (Å²) in [5.41, 5.74) is 7.02. The zero-order valence-corrected chi connectivity index (χ0v) is 25.1. The summed E-state index contributed by atoms with van der Waals surface area (Å²) in [5.74, 6) is -3.60. The van der Waals surface area contributed by atoms with Gasteiger partial charge < -0.3 is 10.1 Å². The first-order chi connectivity index (χ1) is 20.8. The summed E-state index contributed by atoms with van der Waals surface area (Å²) in [6.07, 6.45) is 0. The van der Waals surface area contributed by atoms with Crippen molar-refractivity contribution in [2.45, 2.75) is 25.7 Å². The molecule has 2 bridgehead atoms. The zero-order chi connectivity index (χ0) is 30.0. The monoisotopic (exact) mass is 634 g/mol. The normalized spacial score (nSPS) is 21.2. The quantitative estimate of drug-likeness (QED) is 0.207. The van der Waals surface area contributed by atoms with Gasteiger partial charge in [-0.2, -0.15) is 0 Å². The van der Waals surface area contributed by atoms with Crippen molar-refractivity contribution in [2.75, 3.05) is 16.8 Å². The standard InChI is InChI=1S/C35H27BrN2O5/c1-18-19(2)26(16-15-25(18)36)37-28(39)17-43-35(42)24-13-7-8-14-27(24)38-33(40)31-29-20-9-3-4-10-21(20)30(32(31)34(38)41)23-12-6-5-11-22(23)29/h3-16,29-32H,17H2,1-2H3,(H,37,39)/t29?,30?,31-,32-/m1/s1. The van der Waals surface area contributed by atoms with Crippen LogP contribution < -0.4 is 10.2 Å². The van der Waals surface area contributed by atoms with Gasteiger partial charge in [-0.1, -0.05) is 76.6 Å². The summed E-state index contributed by atoms with van der Waals surface area (Å²) in [5, 5.41) is 2.78. The molecule has 4 aromatic carbocycles. The van der Waals surface area contributed by atoms with Crippen molar-refractivity contribution in [3.63, 3.8) is 0 Å². The van der Waals surface area contributed by atoms with Crippen LogP contribution in [0.2, 0.25) is 0 Å². The number of nitrogens with one attached hydrogen (secondary N) is 1. The first-order valence-corrected chi connectivity index (χ1v) is 14.9. The van der Waals surface area contributed by atoms with Crippen molar-refractivity contribution in [2.24, 2.45) is 11.8 Å². The van der Waals surface area contributed by atoms with E-state index < -0.39 is 30.3 Å². The number of nitrogens with zero attached hydrogens (tertiary/aromatic N) is 1. The fraction of sp³-hybridized carbons (Fsp3) is 0.200. The van der Waals surface area contributed by atoms with E-state index in [0.29, 0.717) is 5.69 Å². The Kier molecular flexibility index (Phi) is 6.54. The third-order valence-corrected chi connectivity index (χ3v) is 10.0. The highest BCUT2D eigenvalue weighted by Gasteiger charge is 2.62. The lowest BCUT2D eigenvalue weighted by Crippen LogP contribution is -2.41. The molecule has 4 aliphatic rings. The Morgan fingerprint density at radius 1 is 0.744 bits per heavy atom. The van der Waals surface area contributed by atoms with Crippen LogP contribution in [0.15, 0.2) is 89.4 Å². The Morgan fingerprint density at radius 3 is 1.81 bits per heavy atom. The topological polar surface area (TPSA) is 92.8 Å². The Bertz CT molecular complexity index is 1750. The minimum absolute atomic E-state index is 0.0497. The number of carbonyl (C=O) groups is 4. The first-order valence-electron chi connectivity index (χ1n) is 14.1. The third kappa shape index (κ3) is 4.15. The van der Waals surface area contributed by atoms with Crippen LogP contribution in [0.4, 0.5) is 11.4 Å². The number of benzene rings is 4. The molecule has 0 aromatic heterocycles. The molecule has 1 heterocycles. The second kappa shape index (κ2) is 10.3. The average Bonchev–Trinajstić information content (AvgIpc) is 3.30. The Balaban J connectivity index is 1.16. The highest BCUT2D eigenvalue weighted by molar-refractivity contribution is 9.10. The molecule has 4 aromatic rings. The maximum Gasteiger partial charge on any atom is 0.340 e. The molecule has 8 heteroatoms. The number of halogens is 1. The molecule has 43 heavy (non-hydrogen) atoms. The largest absolute Gasteiger partial charge is 0.452 e. The SMILES string of the molecule is Cc1c(Br)ccc(NC(=O)COC(=O)c2ccccc2N2C(=O)[C@@H]3C4c5ccccc5C(c5ccccc54)[C@H]3C2=O)c1C. The van der Waals surface area contributed by atoms with Crippen molar-refractivity contribution < 1.29 is 23.9 Å². The van der Waals surface area contributed by atoms with Crippen molar-refractivity contribution in [1.29, 1.82) is 0 Å². The van der Waals surface area contributed by atoms with Crippen LogP contribution in [-0.4, -0.2) is 30.3 Å². The van der Waals surface area contributed by atoms with Gasteiger partial charge in [0.25, 0.3) is 5.91 Å². The van der Waals surface area contributed by atoms with Crippen LogP contribution in [0.5, 0.6) is 0 Å². The number of rotatable bonds is 5. The van der Waals surface area contributed by atoms with Gasteiger partial charge in [-0.3, -0.25) is 14.4 Å². The summed E-state index contributed by atoms with van der Waals surface area (Å²) in [6.45, 7) is 3.30. The van der Waals surface area contributed by atoms with E-state index in [1.807, 2.05) is 68.4 Å². The Hall–Kier alpha value is -4.56. The van der Waals surface area contributed by atoms with Crippen LogP contribution in [0, 0.1) is 25.7 Å². The van der Waals surface area contributed by atoms with Crippen LogP contribution >= 0.6 is 15.9 Å². The molecule has 3 amide bonds. The molecule has 1 saturated heterocycles. The molecular formula is C35H27BrN2O5. The number of hydrogen-bond donors (Lipinski definition) is 1. The smallest absolute Gasteiger partial charge is 0.340 e. The van der Waals surface area contributed by atoms with Crippen LogP contribution in [0.1, 0.15) is 55.6 Å². The van der Waals surface area contributed by atoms with E-state index >= 15 is 0 Å². The summed E-state index contributed by atoms with van der Waals surface area (Å²) in [4.78, 5) is 55.5. The van der Waals surface area contributed by atoms with Gasteiger partial charge in [0, 0.05) is 22.0 Å². The molecule has 8 rings (SSSR count). The summed E-state index contributed by atoms with van der Waals surface area (Å²) < 4.78 is 6.32. The number of ether oxygens (including phenoxy) is 1. The fourth-order valence-corrected chi connectivity index (χ4v) is 7.50. The van der Waals surface area contributed by atoms with Crippen LogP contribution in [0.3, 0.4) is 0 Å².